The summed E-state index contributed by atoms with van der Waals surface area (Å²) >= 11 is 3.04. The van der Waals surface area contributed by atoms with Crippen LogP contribution in [0, 0.1) is 0 Å². The Morgan fingerprint density at radius 1 is 1.79 bits per heavy atom. The van der Waals surface area contributed by atoms with Crippen molar-refractivity contribution in [1.82, 2.24) is 4.37 Å². The molecule has 3 nitrogen and oxygen atoms in total. The lowest BCUT2D eigenvalue weighted by atomic mass is 10.2. The summed E-state index contributed by atoms with van der Waals surface area (Å²) in [6.45, 7) is 5.82. The number of rotatable bonds is 5. The van der Waals surface area contributed by atoms with Crippen molar-refractivity contribution >= 4 is 34.1 Å². The zero-order valence-electron chi connectivity index (χ0n) is 8.41. The highest BCUT2D eigenvalue weighted by Gasteiger charge is 2.11. The Morgan fingerprint density at radius 2 is 2.50 bits per heavy atom. The Bertz CT molecular complexity index is 309. The lowest BCUT2D eigenvalue weighted by Gasteiger charge is -2.11. The normalized spacial score (nSPS) is 12.4. The van der Waals surface area contributed by atoms with Crippen molar-refractivity contribution in [3.8, 4) is 0 Å². The van der Waals surface area contributed by atoms with Crippen LogP contribution >= 0.6 is 23.3 Å². The second-order valence-electron chi connectivity index (χ2n) is 3.00. The third-order valence-corrected chi connectivity index (χ3v) is 3.52. The molecule has 0 aliphatic rings. The van der Waals surface area contributed by atoms with Crippen molar-refractivity contribution in [3.05, 3.63) is 12.7 Å². The third kappa shape index (κ3) is 2.65. The van der Waals surface area contributed by atoms with Crippen LogP contribution in [-0.2, 0) is 0 Å². The number of hydrogen-bond donors (Lipinski definition) is 2. The van der Waals surface area contributed by atoms with Crippen molar-refractivity contribution in [2.75, 3.05) is 17.3 Å². The van der Waals surface area contributed by atoms with Crippen LogP contribution < -0.4 is 11.1 Å². The zero-order chi connectivity index (χ0) is 10.6. The van der Waals surface area contributed by atoms with Gasteiger partial charge in [0.05, 0.1) is 4.90 Å². The van der Waals surface area contributed by atoms with Gasteiger partial charge in [-0.2, -0.15) is 4.37 Å². The summed E-state index contributed by atoms with van der Waals surface area (Å²) in [7, 11) is 0. The van der Waals surface area contributed by atoms with Gasteiger partial charge in [-0.3, -0.25) is 0 Å². The van der Waals surface area contributed by atoms with Gasteiger partial charge in [-0.25, -0.2) is 0 Å². The summed E-state index contributed by atoms with van der Waals surface area (Å²) in [5, 5.41) is 4.43. The van der Waals surface area contributed by atoms with Crippen LogP contribution in [0.2, 0.25) is 0 Å². The van der Waals surface area contributed by atoms with E-state index < -0.39 is 0 Å². The fraction of sp³-hybridized carbons (Fsp3) is 0.444. The van der Waals surface area contributed by atoms with E-state index in [4.69, 9.17) is 5.73 Å². The second-order valence-corrected chi connectivity index (χ2v) is 4.59. The number of hydrogen-bond acceptors (Lipinski definition) is 5. The van der Waals surface area contributed by atoms with Crippen molar-refractivity contribution in [2.24, 2.45) is 0 Å². The molecule has 0 radical (unpaired) electrons. The highest BCUT2D eigenvalue weighted by Crippen LogP contribution is 2.35. The van der Waals surface area contributed by atoms with Crippen LogP contribution in [0.4, 0.5) is 10.8 Å². The smallest absolute Gasteiger partial charge is 0.153 e. The molecule has 0 amide bonds. The van der Waals surface area contributed by atoms with Crippen molar-refractivity contribution < 1.29 is 0 Å². The SMILES string of the molecule is C=CCC(C)Nc1snc(N)c1SC. The van der Waals surface area contributed by atoms with Gasteiger partial charge in [0.15, 0.2) is 5.82 Å². The quantitative estimate of drug-likeness (QED) is 0.602. The van der Waals surface area contributed by atoms with Crippen LogP contribution in [0.15, 0.2) is 17.6 Å². The van der Waals surface area contributed by atoms with Crippen molar-refractivity contribution in [1.29, 1.82) is 0 Å². The van der Waals surface area contributed by atoms with Crippen LogP contribution in [0.5, 0.6) is 0 Å². The molecule has 0 saturated carbocycles. The minimum atomic E-state index is 0.373. The number of nitrogen functional groups attached to an aromatic ring is 1. The van der Waals surface area contributed by atoms with E-state index in [1.54, 1.807) is 11.8 Å². The number of nitrogens with two attached hydrogens (primary N) is 1. The fourth-order valence-corrected chi connectivity index (χ4v) is 2.76. The van der Waals surface area contributed by atoms with Gasteiger partial charge in [0, 0.05) is 6.04 Å². The molecule has 1 atom stereocenters. The van der Waals surface area contributed by atoms with E-state index in [0.29, 0.717) is 11.9 Å². The second kappa shape index (κ2) is 5.26. The molecule has 1 rings (SSSR count). The molecule has 0 fully saturated rings. The maximum Gasteiger partial charge on any atom is 0.153 e. The lowest BCUT2D eigenvalue weighted by Crippen LogP contribution is -2.13. The van der Waals surface area contributed by atoms with Crippen LogP contribution in [-0.4, -0.2) is 16.7 Å². The Morgan fingerprint density at radius 3 is 3.07 bits per heavy atom. The molecule has 78 valence electrons. The van der Waals surface area contributed by atoms with Gasteiger partial charge >= 0.3 is 0 Å². The molecule has 1 aromatic rings. The average Bonchev–Trinajstić information content (AvgIpc) is 2.47. The molecule has 1 heterocycles. The summed E-state index contributed by atoms with van der Waals surface area (Å²) in [5.41, 5.74) is 5.72. The predicted molar refractivity (Wildman–Crippen MR) is 66.2 cm³/mol. The van der Waals surface area contributed by atoms with E-state index in [1.165, 1.54) is 11.5 Å². The van der Waals surface area contributed by atoms with Crippen molar-refractivity contribution in [3.63, 3.8) is 0 Å². The minimum Gasteiger partial charge on any atom is -0.382 e. The first-order valence-electron chi connectivity index (χ1n) is 4.35. The van der Waals surface area contributed by atoms with Gasteiger partial charge in [0.25, 0.3) is 0 Å². The van der Waals surface area contributed by atoms with Gasteiger partial charge in [0.2, 0.25) is 0 Å². The molecule has 0 saturated heterocycles. The van der Waals surface area contributed by atoms with Gasteiger partial charge < -0.3 is 11.1 Å². The van der Waals surface area contributed by atoms with E-state index in [9.17, 15) is 0 Å². The average molecular weight is 229 g/mol. The van der Waals surface area contributed by atoms with Crippen molar-refractivity contribution in [2.45, 2.75) is 24.3 Å². The number of aromatic nitrogens is 1. The van der Waals surface area contributed by atoms with E-state index in [1.807, 2.05) is 12.3 Å². The Labute approximate surface area is 92.9 Å². The summed E-state index contributed by atoms with van der Waals surface area (Å²) in [4.78, 5) is 1.05. The Balaban J connectivity index is 2.70. The first kappa shape index (κ1) is 11.4. The number of nitrogens with one attached hydrogen (secondary N) is 1. The van der Waals surface area contributed by atoms with E-state index in [2.05, 4.69) is 23.2 Å². The van der Waals surface area contributed by atoms with E-state index in [0.717, 1.165) is 16.3 Å². The fourth-order valence-electron chi connectivity index (χ4n) is 1.12. The van der Waals surface area contributed by atoms with E-state index >= 15 is 0 Å². The predicted octanol–water partition coefficient (Wildman–Crippen LogP) is 2.82. The highest BCUT2D eigenvalue weighted by atomic mass is 32.2. The summed E-state index contributed by atoms with van der Waals surface area (Å²) in [6, 6.07) is 0.373. The monoisotopic (exact) mass is 229 g/mol. The molecule has 5 heteroatoms. The molecule has 3 N–H and O–H groups in total. The summed E-state index contributed by atoms with van der Waals surface area (Å²) in [6.07, 6.45) is 4.84. The van der Waals surface area contributed by atoms with Gasteiger partial charge in [-0.1, -0.05) is 6.08 Å². The Kier molecular flexibility index (Phi) is 4.28. The molecule has 14 heavy (non-hydrogen) atoms. The first-order valence-corrected chi connectivity index (χ1v) is 6.35. The summed E-state index contributed by atoms with van der Waals surface area (Å²) in [5.74, 6) is 0.621. The third-order valence-electron chi connectivity index (χ3n) is 1.78. The molecule has 1 aromatic heterocycles. The highest BCUT2D eigenvalue weighted by molar-refractivity contribution is 7.99. The molecule has 1 unspecified atom stereocenters. The van der Waals surface area contributed by atoms with Gasteiger partial charge in [-0.15, -0.1) is 18.3 Å². The number of thioether (sulfide) groups is 1. The largest absolute Gasteiger partial charge is 0.382 e. The van der Waals surface area contributed by atoms with Gasteiger partial charge in [0.1, 0.15) is 5.00 Å². The van der Waals surface area contributed by atoms with Crippen LogP contribution in [0.25, 0.3) is 0 Å². The number of nitrogens with zero attached hydrogens (tertiary/aromatic N) is 1. The standard InChI is InChI=1S/C9H15N3S2/c1-4-5-6(2)11-9-7(13-3)8(10)12-14-9/h4,6,11H,1,5H2,2-3H3,(H2,10,12). The number of anilines is 2. The molecule has 0 aromatic carbocycles. The van der Waals surface area contributed by atoms with Gasteiger partial charge in [-0.05, 0) is 31.1 Å². The Hall–Kier alpha value is -0.680. The topological polar surface area (TPSA) is 50.9 Å². The first-order chi connectivity index (χ1) is 6.69. The summed E-state index contributed by atoms with van der Waals surface area (Å²) < 4.78 is 4.11. The van der Waals surface area contributed by atoms with Crippen LogP contribution in [0.3, 0.4) is 0 Å². The lowest BCUT2D eigenvalue weighted by molar-refractivity contribution is 0.815. The molecule has 0 aliphatic heterocycles. The van der Waals surface area contributed by atoms with Crippen LogP contribution in [0.1, 0.15) is 13.3 Å². The maximum absolute atomic E-state index is 5.72. The maximum atomic E-state index is 5.72. The molecule has 0 spiro atoms. The zero-order valence-corrected chi connectivity index (χ0v) is 10.0. The minimum absolute atomic E-state index is 0.373. The molecule has 0 bridgehead atoms. The van der Waals surface area contributed by atoms with E-state index in [-0.39, 0.29) is 0 Å². The molecule has 0 aliphatic carbocycles. The molecular weight excluding hydrogens is 214 g/mol. The molecular formula is C9H15N3S2.